The molecule has 192 valence electrons. The standard InChI is InChI=1S/C21H23F2N7O6/c1-34-16-3-17(35-2)20(23)15(19(16)22)11-36-14-6-24-21(25-7-14)29-12-4-26-30(8-12)9-18(32)28-13(10-31)5-27-33/h3-4,6-8,13,31H,5,9-11H2,1-2H3,(H,28,32)(H,24,25,29). The van der Waals surface area contributed by atoms with E-state index in [0.717, 1.165) is 6.07 Å². The SMILES string of the molecule is COc1cc(OC)c(F)c(COc2cnc(Nc3cnn(CC(=O)NC(CO)CN=O)c3)nc2)c1F. The molecule has 0 aliphatic heterocycles. The lowest BCUT2D eigenvalue weighted by molar-refractivity contribution is -0.122. The van der Waals surface area contributed by atoms with E-state index in [1.54, 1.807) is 0 Å². The number of nitrogens with zero attached hydrogens (tertiary/aromatic N) is 5. The Bertz CT molecular complexity index is 1160. The van der Waals surface area contributed by atoms with Crippen LogP contribution in [-0.4, -0.2) is 64.2 Å². The van der Waals surface area contributed by atoms with Crippen molar-refractivity contribution in [2.24, 2.45) is 5.18 Å². The minimum Gasteiger partial charge on any atom is -0.494 e. The van der Waals surface area contributed by atoms with Crippen LogP contribution in [0.3, 0.4) is 0 Å². The summed E-state index contributed by atoms with van der Waals surface area (Å²) in [6.07, 6.45) is 5.55. The second-order valence-corrected chi connectivity index (χ2v) is 7.23. The van der Waals surface area contributed by atoms with E-state index in [1.807, 2.05) is 0 Å². The van der Waals surface area contributed by atoms with Gasteiger partial charge in [-0.1, -0.05) is 5.18 Å². The van der Waals surface area contributed by atoms with Crippen molar-refractivity contribution in [1.82, 2.24) is 25.1 Å². The molecule has 0 radical (unpaired) electrons. The summed E-state index contributed by atoms with van der Waals surface area (Å²) in [5.41, 5.74) is 0.0925. The molecule has 1 aromatic carbocycles. The molecule has 13 nitrogen and oxygen atoms in total. The number of hydrogen-bond donors (Lipinski definition) is 3. The lowest BCUT2D eigenvalue weighted by atomic mass is 10.1. The highest BCUT2D eigenvalue weighted by Gasteiger charge is 2.20. The third kappa shape index (κ3) is 6.59. The number of nitrogens with one attached hydrogen (secondary N) is 2. The van der Waals surface area contributed by atoms with Crippen LogP contribution < -0.4 is 24.8 Å². The van der Waals surface area contributed by atoms with Gasteiger partial charge in [-0.2, -0.15) is 10.0 Å². The van der Waals surface area contributed by atoms with Gasteiger partial charge in [0.15, 0.2) is 28.9 Å². The number of benzene rings is 1. The highest BCUT2D eigenvalue weighted by molar-refractivity contribution is 5.76. The Morgan fingerprint density at radius 3 is 2.42 bits per heavy atom. The minimum atomic E-state index is -0.909. The Kier molecular flexibility index (Phi) is 8.99. The van der Waals surface area contributed by atoms with Crippen molar-refractivity contribution in [3.63, 3.8) is 0 Å². The molecule has 2 aromatic heterocycles. The summed E-state index contributed by atoms with van der Waals surface area (Å²) in [6, 6.07) is 0.333. The van der Waals surface area contributed by atoms with E-state index >= 15 is 0 Å². The summed E-state index contributed by atoms with van der Waals surface area (Å²) < 4.78 is 45.4. The van der Waals surface area contributed by atoms with Crippen LogP contribution in [0.2, 0.25) is 0 Å². The van der Waals surface area contributed by atoms with Crippen LogP contribution in [0, 0.1) is 16.5 Å². The number of aliphatic hydroxyl groups excluding tert-OH is 1. The summed E-state index contributed by atoms with van der Waals surface area (Å²) >= 11 is 0. The van der Waals surface area contributed by atoms with Crippen molar-refractivity contribution >= 4 is 17.5 Å². The van der Waals surface area contributed by atoms with E-state index in [0.29, 0.717) is 5.69 Å². The molecule has 0 fully saturated rings. The number of carbonyl (C=O) groups excluding carboxylic acids is 1. The number of amides is 1. The van der Waals surface area contributed by atoms with Crippen LogP contribution in [0.25, 0.3) is 0 Å². The van der Waals surface area contributed by atoms with Gasteiger partial charge in [-0.25, -0.2) is 18.7 Å². The first-order chi connectivity index (χ1) is 17.4. The molecule has 1 amide bonds. The van der Waals surface area contributed by atoms with Crippen LogP contribution in [0.5, 0.6) is 17.2 Å². The molecule has 1 unspecified atom stereocenters. The molecular formula is C21H23F2N7O6. The smallest absolute Gasteiger partial charge is 0.242 e. The summed E-state index contributed by atoms with van der Waals surface area (Å²) in [7, 11) is 2.50. The van der Waals surface area contributed by atoms with Crippen LogP contribution in [0.4, 0.5) is 20.4 Å². The van der Waals surface area contributed by atoms with Gasteiger partial charge in [-0.05, 0) is 0 Å². The second kappa shape index (κ2) is 12.3. The topological polar surface area (TPSA) is 162 Å². The van der Waals surface area contributed by atoms with Gasteiger partial charge in [0, 0.05) is 12.3 Å². The van der Waals surface area contributed by atoms with E-state index < -0.39 is 36.8 Å². The maximum absolute atomic E-state index is 14.5. The number of hydrogen-bond acceptors (Lipinski definition) is 11. The number of methoxy groups -OCH3 is 2. The van der Waals surface area contributed by atoms with E-state index in [-0.39, 0.29) is 41.8 Å². The van der Waals surface area contributed by atoms with Crippen LogP contribution in [0.15, 0.2) is 36.0 Å². The van der Waals surface area contributed by atoms with Crippen LogP contribution >= 0.6 is 0 Å². The van der Waals surface area contributed by atoms with Gasteiger partial charge in [0.1, 0.15) is 19.7 Å². The molecule has 2 heterocycles. The van der Waals surface area contributed by atoms with E-state index in [4.69, 9.17) is 19.3 Å². The zero-order chi connectivity index (χ0) is 26.1. The summed E-state index contributed by atoms with van der Waals surface area (Å²) in [5.74, 6) is -2.34. The number of carbonyl (C=O) groups is 1. The third-order valence-corrected chi connectivity index (χ3v) is 4.75. The molecule has 3 aromatic rings. The zero-order valence-electron chi connectivity index (χ0n) is 19.3. The fourth-order valence-corrected chi connectivity index (χ4v) is 2.98. The average Bonchev–Trinajstić information content (AvgIpc) is 3.31. The fraction of sp³-hybridized carbons (Fsp3) is 0.333. The Hall–Kier alpha value is -4.40. The molecule has 0 spiro atoms. The van der Waals surface area contributed by atoms with Crippen molar-refractivity contribution in [3.8, 4) is 17.2 Å². The second-order valence-electron chi connectivity index (χ2n) is 7.23. The first kappa shape index (κ1) is 26.2. The predicted molar refractivity (Wildman–Crippen MR) is 121 cm³/mol. The summed E-state index contributed by atoms with van der Waals surface area (Å²) in [4.78, 5) is 30.4. The Labute approximate surface area is 203 Å². The quantitative estimate of drug-likeness (QED) is 0.289. The normalized spacial score (nSPS) is 11.5. The molecule has 36 heavy (non-hydrogen) atoms. The number of aliphatic hydroxyl groups is 1. The van der Waals surface area contributed by atoms with Crippen molar-refractivity contribution in [1.29, 1.82) is 0 Å². The summed E-state index contributed by atoms with van der Waals surface area (Å²) in [5, 5.41) is 21.1. The maximum atomic E-state index is 14.5. The van der Waals surface area contributed by atoms with Gasteiger partial charge < -0.3 is 30.0 Å². The van der Waals surface area contributed by atoms with Crippen molar-refractivity contribution < 1.29 is 32.9 Å². The number of anilines is 2. The van der Waals surface area contributed by atoms with Crippen molar-refractivity contribution in [2.45, 2.75) is 19.2 Å². The average molecular weight is 507 g/mol. The highest BCUT2D eigenvalue weighted by atomic mass is 19.1. The molecular weight excluding hydrogens is 484 g/mol. The first-order valence-corrected chi connectivity index (χ1v) is 10.4. The van der Waals surface area contributed by atoms with Crippen LogP contribution in [0.1, 0.15) is 5.56 Å². The first-order valence-electron chi connectivity index (χ1n) is 10.4. The monoisotopic (exact) mass is 507 g/mol. The van der Waals surface area contributed by atoms with Gasteiger partial charge >= 0.3 is 0 Å². The van der Waals surface area contributed by atoms with Crippen LogP contribution in [-0.2, 0) is 17.9 Å². The van der Waals surface area contributed by atoms with Gasteiger partial charge in [0.25, 0.3) is 0 Å². The summed E-state index contributed by atoms with van der Waals surface area (Å²) in [6.45, 7) is -1.29. The predicted octanol–water partition coefficient (Wildman–Crippen LogP) is 1.53. The molecule has 0 saturated heterocycles. The van der Waals surface area contributed by atoms with E-state index in [1.165, 1.54) is 43.7 Å². The van der Waals surface area contributed by atoms with E-state index in [9.17, 15) is 18.5 Å². The Morgan fingerprint density at radius 1 is 1.17 bits per heavy atom. The lowest BCUT2D eigenvalue weighted by Gasteiger charge is -2.13. The Balaban J connectivity index is 1.58. The largest absolute Gasteiger partial charge is 0.494 e. The molecule has 0 aliphatic carbocycles. The van der Waals surface area contributed by atoms with Gasteiger partial charge in [0.2, 0.25) is 11.9 Å². The maximum Gasteiger partial charge on any atom is 0.242 e. The molecule has 0 aliphatic rings. The van der Waals surface area contributed by atoms with Crippen molar-refractivity contribution in [2.75, 3.05) is 32.7 Å². The number of ether oxygens (including phenoxy) is 3. The molecule has 1 atom stereocenters. The van der Waals surface area contributed by atoms with E-state index in [2.05, 4.69) is 30.9 Å². The molecule has 3 rings (SSSR count). The molecule has 3 N–H and O–H groups in total. The number of nitroso groups, excluding NO2 is 1. The highest BCUT2D eigenvalue weighted by Crippen LogP contribution is 2.32. The third-order valence-electron chi connectivity index (χ3n) is 4.75. The molecule has 15 heteroatoms. The zero-order valence-corrected chi connectivity index (χ0v) is 19.3. The van der Waals surface area contributed by atoms with Crippen molar-refractivity contribution in [3.05, 3.63) is 53.0 Å². The minimum absolute atomic E-state index is 0.150. The number of aromatic nitrogens is 4. The fourth-order valence-electron chi connectivity index (χ4n) is 2.98. The molecule has 0 saturated carbocycles. The van der Waals surface area contributed by atoms with Gasteiger partial charge in [-0.3, -0.25) is 9.48 Å². The number of rotatable bonds is 13. The Morgan fingerprint density at radius 2 is 1.83 bits per heavy atom. The lowest BCUT2D eigenvalue weighted by Crippen LogP contribution is -2.41. The van der Waals surface area contributed by atoms with Gasteiger partial charge in [0.05, 0.1) is 56.7 Å². The van der Waals surface area contributed by atoms with Gasteiger partial charge in [-0.15, -0.1) is 0 Å². The number of halogens is 2. The molecule has 0 bridgehead atoms.